The van der Waals surface area contributed by atoms with E-state index in [1.54, 1.807) is 0 Å². The Hall–Kier alpha value is -9.24. The van der Waals surface area contributed by atoms with Crippen LogP contribution in [0.1, 0.15) is 62.8 Å². The van der Waals surface area contributed by atoms with Crippen molar-refractivity contribution in [1.82, 2.24) is 0 Å². The molecule has 372 valence electrons. The molecule has 0 heterocycles. The highest BCUT2D eigenvalue weighted by atomic mass is 15.1. The fourth-order valence-corrected chi connectivity index (χ4v) is 14.0. The lowest BCUT2D eigenvalue weighted by Crippen LogP contribution is -2.18. The second kappa shape index (κ2) is 17.7. The van der Waals surface area contributed by atoms with E-state index in [4.69, 9.17) is 0 Å². The lowest BCUT2D eigenvalue weighted by molar-refractivity contribution is 0.651. The fraction of sp³-hybridized carbons (Fsp3) is 0.105. The third-order valence-corrected chi connectivity index (χ3v) is 17.7. The SMILES string of the molecule is CC1(C)C2=C(CCC=C2)c2ccc(N(c3ccccc3)c3ccc4c(-c5cccc6ccccc56)c5cc(N(c6ccccc6)c6ccc7c(c6)C(C)(C)c6ccccc6-7)ccc5c(-c5cccc6ccccc56)c4c3)cc21. The van der Waals surface area contributed by atoms with Crippen LogP contribution in [0.15, 0.2) is 260 Å². The predicted molar refractivity (Wildman–Crippen MR) is 333 cm³/mol. The molecule has 0 saturated heterocycles. The van der Waals surface area contributed by atoms with Crippen LogP contribution < -0.4 is 9.80 Å². The standard InChI is InChI=1S/C76H58N2/c1-75(2)69-35-17-15-31-59(69)61-41-37-55(47-71(61)75)77(51-25-7-5-8-26-51)53-39-43-65-67(45-53)73(63-33-19-23-49-21-11-13-29-57(49)63)66-44-40-54(46-68(66)74(65)64-34-20-24-50-22-12-14-30-58(50)64)78(52-27-9-6-10-28-52)56-38-42-62-60-32-16-18-36-70(60)76(3,4)72(62)48-56/h5-15,17-31,33-48H,16,32H2,1-4H3. The summed E-state index contributed by atoms with van der Waals surface area (Å²) < 4.78 is 0. The first-order chi connectivity index (χ1) is 38.2. The van der Waals surface area contributed by atoms with Crippen molar-refractivity contribution in [3.05, 3.63) is 283 Å². The van der Waals surface area contributed by atoms with E-state index < -0.39 is 0 Å². The zero-order valence-corrected chi connectivity index (χ0v) is 44.6. The average molecular weight is 999 g/mol. The average Bonchev–Trinajstić information content (AvgIpc) is 3.95. The summed E-state index contributed by atoms with van der Waals surface area (Å²) in [6.07, 6.45) is 6.92. The third kappa shape index (κ3) is 7.02. The van der Waals surface area contributed by atoms with Crippen LogP contribution in [-0.2, 0) is 10.8 Å². The largest absolute Gasteiger partial charge is 0.310 e. The molecule has 0 radical (unpaired) electrons. The normalized spacial score (nSPS) is 14.7. The highest BCUT2D eigenvalue weighted by Crippen LogP contribution is 2.55. The first-order valence-corrected chi connectivity index (χ1v) is 27.7. The number of hydrogen-bond donors (Lipinski definition) is 0. The van der Waals surface area contributed by atoms with Gasteiger partial charge in [0.1, 0.15) is 0 Å². The fourth-order valence-electron chi connectivity index (χ4n) is 14.0. The molecule has 15 rings (SSSR count). The molecular formula is C76H58N2. The Labute approximate surface area is 457 Å². The van der Waals surface area contributed by atoms with E-state index in [1.807, 2.05) is 0 Å². The summed E-state index contributed by atoms with van der Waals surface area (Å²) in [6, 6.07) is 91.2. The molecule has 78 heavy (non-hydrogen) atoms. The van der Waals surface area contributed by atoms with Gasteiger partial charge in [-0.1, -0.05) is 210 Å². The molecule has 0 unspecified atom stereocenters. The number of allylic oxidation sites excluding steroid dienone is 4. The second-order valence-corrected chi connectivity index (χ2v) is 22.7. The quantitative estimate of drug-likeness (QED) is 0.140. The summed E-state index contributed by atoms with van der Waals surface area (Å²) in [7, 11) is 0. The summed E-state index contributed by atoms with van der Waals surface area (Å²) in [6.45, 7) is 9.56. The van der Waals surface area contributed by atoms with Gasteiger partial charge in [0, 0.05) is 45.0 Å². The van der Waals surface area contributed by atoms with Gasteiger partial charge in [0.05, 0.1) is 0 Å². The maximum Gasteiger partial charge on any atom is 0.0468 e. The molecule has 0 saturated carbocycles. The van der Waals surface area contributed by atoms with Crippen LogP contribution in [0.2, 0.25) is 0 Å². The minimum atomic E-state index is -0.151. The van der Waals surface area contributed by atoms with Gasteiger partial charge in [-0.2, -0.15) is 0 Å². The molecule has 0 aliphatic heterocycles. The number of fused-ring (bicyclic) bond motifs is 9. The van der Waals surface area contributed by atoms with Gasteiger partial charge in [-0.05, 0) is 196 Å². The molecule has 0 fully saturated rings. The molecule has 0 atom stereocenters. The molecule has 0 bridgehead atoms. The molecule has 3 aliphatic carbocycles. The zero-order valence-electron chi connectivity index (χ0n) is 44.6. The van der Waals surface area contributed by atoms with Crippen LogP contribution in [0, 0.1) is 0 Å². The number of nitrogens with zero attached hydrogens (tertiary/aromatic N) is 2. The monoisotopic (exact) mass is 998 g/mol. The van der Waals surface area contributed by atoms with E-state index >= 15 is 0 Å². The van der Waals surface area contributed by atoms with E-state index in [1.165, 1.54) is 110 Å². The smallest absolute Gasteiger partial charge is 0.0468 e. The minimum Gasteiger partial charge on any atom is -0.310 e. The maximum absolute atomic E-state index is 2.49. The Kier molecular flexibility index (Phi) is 10.4. The minimum absolute atomic E-state index is 0.102. The van der Waals surface area contributed by atoms with Crippen molar-refractivity contribution in [3.63, 3.8) is 0 Å². The van der Waals surface area contributed by atoms with Crippen LogP contribution in [0.4, 0.5) is 34.1 Å². The molecule has 2 nitrogen and oxygen atoms in total. The Morgan fingerprint density at radius 1 is 0.308 bits per heavy atom. The first kappa shape index (κ1) is 46.1. The molecule has 0 amide bonds. The van der Waals surface area contributed by atoms with Crippen molar-refractivity contribution < 1.29 is 0 Å². The van der Waals surface area contributed by atoms with E-state index in [0.717, 1.165) is 47.0 Å². The lowest BCUT2D eigenvalue weighted by atomic mass is 9.80. The maximum atomic E-state index is 2.49. The first-order valence-electron chi connectivity index (χ1n) is 27.7. The van der Waals surface area contributed by atoms with Gasteiger partial charge in [0.2, 0.25) is 0 Å². The summed E-state index contributed by atoms with van der Waals surface area (Å²) in [5.74, 6) is 0. The third-order valence-electron chi connectivity index (χ3n) is 17.7. The number of para-hydroxylation sites is 2. The van der Waals surface area contributed by atoms with Crippen LogP contribution >= 0.6 is 0 Å². The number of benzene rings is 12. The second-order valence-electron chi connectivity index (χ2n) is 22.7. The van der Waals surface area contributed by atoms with Gasteiger partial charge in [0.15, 0.2) is 0 Å². The summed E-state index contributed by atoms with van der Waals surface area (Å²) in [4.78, 5) is 4.95. The number of rotatable bonds is 8. The molecule has 12 aromatic carbocycles. The topological polar surface area (TPSA) is 6.48 Å². The lowest BCUT2D eigenvalue weighted by Gasteiger charge is -2.30. The Balaban J connectivity index is 1.02. The van der Waals surface area contributed by atoms with E-state index in [9.17, 15) is 0 Å². The molecule has 0 spiro atoms. The summed E-state index contributed by atoms with van der Waals surface area (Å²) in [5, 5.41) is 9.72. The Bertz CT molecular complexity index is 4490. The van der Waals surface area contributed by atoms with Crippen molar-refractivity contribution >= 4 is 82.8 Å². The molecule has 3 aliphatic rings. The molecule has 0 aromatic heterocycles. The van der Waals surface area contributed by atoms with Crippen molar-refractivity contribution in [3.8, 4) is 33.4 Å². The molecular weight excluding hydrogens is 941 g/mol. The van der Waals surface area contributed by atoms with Gasteiger partial charge < -0.3 is 9.80 Å². The summed E-state index contributed by atoms with van der Waals surface area (Å²) >= 11 is 0. The zero-order chi connectivity index (χ0) is 52.3. The number of anilines is 6. The van der Waals surface area contributed by atoms with Crippen molar-refractivity contribution in [2.75, 3.05) is 9.80 Å². The van der Waals surface area contributed by atoms with Gasteiger partial charge in [0.25, 0.3) is 0 Å². The highest BCUT2D eigenvalue weighted by molar-refractivity contribution is 6.26. The van der Waals surface area contributed by atoms with Crippen LogP contribution in [0.5, 0.6) is 0 Å². The van der Waals surface area contributed by atoms with Gasteiger partial charge >= 0.3 is 0 Å². The van der Waals surface area contributed by atoms with Gasteiger partial charge in [-0.25, -0.2) is 0 Å². The molecule has 12 aromatic rings. The summed E-state index contributed by atoms with van der Waals surface area (Å²) in [5.41, 5.74) is 22.5. The predicted octanol–water partition coefficient (Wildman–Crippen LogP) is 21.3. The van der Waals surface area contributed by atoms with Crippen molar-refractivity contribution in [2.45, 2.75) is 51.4 Å². The Morgan fingerprint density at radius 2 is 0.744 bits per heavy atom. The van der Waals surface area contributed by atoms with Gasteiger partial charge in [-0.3, -0.25) is 0 Å². The van der Waals surface area contributed by atoms with E-state index in [0.29, 0.717) is 0 Å². The van der Waals surface area contributed by atoms with Crippen LogP contribution in [0.25, 0.3) is 82.0 Å². The van der Waals surface area contributed by atoms with E-state index in [2.05, 4.69) is 292 Å². The molecule has 2 heteroatoms. The van der Waals surface area contributed by atoms with Crippen molar-refractivity contribution in [2.24, 2.45) is 0 Å². The van der Waals surface area contributed by atoms with Crippen LogP contribution in [-0.4, -0.2) is 0 Å². The van der Waals surface area contributed by atoms with E-state index in [-0.39, 0.29) is 10.8 Å². The highest BCUT2D eigenvalue weighted by Gasteiger charge is 2.38. The van der Waals surface area contributed by atoms with Gasteiger partial charge in [-0.15, -0.1) is 0 Å². The Morgan fingerprint density at radius 3 is 1.32 bits per heavy atom. The molecule has 0 N–H and O–H groups in total. The number of hydrogen-bond acceptors (Lipinski definition) is 2. The van der Waals surface area contributed by atoms with Crippen LogP contribution in [0.3, 0.4) is 0 Å². The van der Waals surface area contributed by atoms with Crippen molar-refractivity contribution in [1.29, 1.82) is 0 Å².